The van der Waals surface area contributed by atoms with Crippen molar-refractivity contribution in [1.29, 1.82) is 0 Å². The number of carbonyl (C=O) groups excluding carboxylic acids is 2. The minimum atomic E-state index is -4.44. The lowest BCUT2D eigenvalue weighted by Crippen LogP contribution is -2.55. The van der Waals surface area contributed by atoms with E-state index in [9.17, 15) is 22.8 Å². The van der Waals surface area contributed by atoms with Crippen LogP contribution in [0.25, 0.3) is 0 Å². The molecule has 0 fully saturated rings. The zero-order valence-corrected chi connectivity index (χ0v) is 15.7. The predicted molar refractivity (Wildman–Crippen MR) is 97.4 cm³/mol. The number of halogens is 3. The number of carbonyl (C=O) groups is 2. The zero-order valence-electron chi connectivity index (χ0n) is 15.7. The summed E-state index contributed by atoms with van der Waals surface area (Å²) in [6.07, 6.45) is -2.69. The number of rotatable bonds is 5. The van der Waals surface area contributed by atoms with Crippen molar-refractivity contribution in [2.75, 3.05) is 6.54 Å². The van der Waals surface area contributed by atoms with Crippen molar-refractivity contribution >= 4 is 11.8 Å². The Kier molecular flexibility index (Phi) is 5.49. The maximum absolute atomic E-state index is 12.8. The molecule has 1 aromatic carbocycles. The van der Waals surface area contributed by atoms with Gasteiger partial charge in [0, 0.05) is 19.3 Å². The van der Waals surface area contributed by atoms with Crippen molar-refractivity contribution in [3.8, 4) is 0 Å². The number of aromatic nitrogens is 1. The Morgan fingerprint density at radius 1 is 1.25 bits per heavy atom. The van der Waals surface area contributed by atoms with Crippen molar-refractivity contribution in [2.45, 2.75) is 39.2 Å². The number of nitrogens with zero attached hydrogens (tertiary/aromatic N) is 2. The van der Waals surface area contributed by atoms with Gasteiger partial charge < -0.3 is 14.8 Å². The highest BCUT2D eigenvalue weighted by atomic mass is 19.4. The maximum Gasteiger partial charge on any atom is 0.416 e. The van der Waals surface area contributed by atoms with Crippen LogP contribution in [0.5, 0.6) is 0 Å². The lowest BCUT2D eigenvalue weighted by molar-refractivity contribution is -0.137. The maximum atomic E-state index is 12.8. The molecular weight excluding hydrogens is 371 g/mol. The number of benzene rings is 1. The molecule has 0 saturated heterocycles. The molecule has 1 N–H and O–H groups in total. The number of hydrogen-bond acceptors (Lipinski definition) is 2. The highest BCUT2D eigenvalue weighted by molar-refractivity contribution is 5.97. The molecule has 0 aliphatic carbocycles. The van der Waals surface area contributed by atoms with E-state index in [0.29, 0.717) is 24.3 Å². The SMILES string of the molecule is CC(C)CN1C(=O)c2cccn2CC1C(=O)NCc1cccc(C(F)(F)F)c1. The summed E-state index contributed by atoms with van der Waals surface area (Å²) in [5.74, 6) is -0.431. The summed E-state index contributed by atoms with van der Waals surface area (Å²) < 4.78 is 40.3. The Labute approximate surface area is 161 Å². The highest BCUT2D eigenvalue weighted by Crippen LogP contribution is 2.29. The van der Waals surface area contributed by atoms with E-state index in [0.717, 1.165) is 12.1 Å². The molecule has 1 aliphatic heterocycles. The van der Waals surface area contributed by atoms with Gasteiger partial charge in [-0.25, -0.2) is 0 Å². The molecular formula is C20H22F3N3O2. The Morgan fingerprint density at radius 3 is 2.68 bits per heavy atom. The molecule has 1 atom stereocenters. The van der Waals surface area contributed by atoms with Gasteiger partial charge in [0.15, 0.2) is 0 Å². The molecule has 8 heteroatoms. The quantitative estimate of drug-likeness (QED) is 0.848. The van der Waals surface area contributed by atoms with Gasteiger partial charge >= 0.3 is 6.18 Å². The zero-order chi connectivity index (χ0) is 20.5. The molecule has 1 aliphatic rings. The van der Waals surface area contributed by atoms with Crippen molar-refractivity contribution in [3.63, 3.8) is 0 Å². The van der Waals surface area contributed by atoms with E-state index in [1.807, 2.05) is 13.8 Å². The van der Waals surface area contributed by atoms with Gasteiger partial charge in [0.05, 0.1) is 12.1 Å². The Hall–Kier alpha value is -2.77. The second-order valence-electron chi connectivity index (χ2n) is 7.33. The van der Waals surface area contributed by atoms with Crippen LogP contribution < -0.4 is 5.32 Å². The molecule has 0 radical (unpaired) electrons. The van der Waals surface area contributed by atoms with Gasteiger partial charge in [-0.1, -0.05) is 26.0 Å². The first-order valence-corrected chi connectivity index (χ1v) is 9.06. The van der Waals surface area contributed by atoms with Gasteiger partial charge in [-0.05, 0) is 35.7 Å². The molecule has 3 rings (SSSR count). The largest absolute Gasteiger partial charge is 0.416 e. The average Bonchev–Trinajstić information content (AvgIpc) is 3.10. The summed E-state index contributed by atoms with van der Waals surface area (Å²) in [5, 5.41) is 2.68. The first kappa shape index (κ1) is 20.0. The molecule has 2 aromatic rings. The monoisotopic (exact) mass is 393 g/mol. The normalized spacial score (nSPS) is 17.0. The Balaban J connectivity index is 1.74. The van der Waals surface area contributed by atoms with E-state index < -0.39 is 17.8 Å². The number of fused-ring (bicyclic) bond motifs is 1. The molecule has 2 heterocycles. The first-order valence-electron chi connectivity index (χ1n) is 9.06. The molecule has 2 amide bonds. The molecule has 1 aromatic heterocycles. The Morgan fingerprint density at radius 2 is 2.00 bits per heavy atom. The fourth-order valence-corrected chi connectivity index (χ4v) is 3.33. The van der Waals surface area contributed by atoms with Gasteiger partial charge in [0.25, 0.3) is 5.91 Å². The number of alkyl halides is 3. The van der Waals surface area contributed by atoms with Crippen LogP contribution in [0.3, 0.4) is 0 Å². The molecule has 28 heavy (non-hydrogen) atoms. The minimum absolute atomic E-state index is 0.0402. The van der Waals surface area contributed by atoms with Crippen LogP contribution in [0.2, 0.25) is 0 Å². The molecule has 1 unspecified atom stereocenters. The van der Waals surface area contributed by atoms with Crippen LogP contribution in [0, 0.1) is 5.92 Å². The van der Waals surface area contributed by atoms with E-state index >= 15 is 0 Å². The van der Waals surface area contributed by atoms with Crippen molar-refractivity contribution in [1.82, 2.24) is 14.8 Å². The van der Waals surface area contributed by atoms with E-state index in [1.54, 1.807) is 27.8 Å². The van der Waals surface area contributed by atoms with Crippen molar-refractivity contribution < 1.29 is 22.8 Å². The lowest BCUT2D eigenvalue weighted by Gasteiger charge is -2.36. The number of hydrogen-bond donors (Lipinski definition) is 1. The summed E-state index contributed by atoms with van der Waals surface area (Å²) in [5.41, 5.74) is 0.121. The van der Waals surface area contributed by atoms with E-state index in [4.69, 9.17) is 0 Å². The minimum Gasteiger partial charge on any atom is -0.350 e. The fourth-order valence-electron chi connectivity index (χ4n) is 3.33. The van der Waals surface area contributed by atoms with Crippen LogP contribution in [0.15, 0.2) is 42.6 Å². The smallest absolute Gasteiger partial charge is 0.350 e. The molecule has 0 saturated carbocycles. The topological polar surface area (TPSA) is 54.3 Å². The third-order valence-corrected chi connectivity index (χ3v) is 4.64. The van der Waals surface area contributed by atoms with Crippen LogP contribution in [0.4, 0.5) is 13.2 Å². The summed E-state index contributed by atoms with van der Waals surface area (Å²) in [6.45, 7) is 4.61. The van der Waals surface area contributed by atoms with Crippen LogP contribution in [-0.4, -0.2) is 33.9 Å². The second-order valence-corrected chi connectivity index (χ2v) is 7.33. The van der Waals surface area contributed by atoms with Gasteiger partial charge in [-0.3, -0.25) is 9.59 Å². The number of amides is 2. The summed E-state index contributed by atoms with van der Waals surface area (Å²) in [4.78, 5) is 27.1. The summed E-state index contributed by atoms with van der Waals surface area (Å²) in [7, 11) is 0. The van der Waals surface area contributed by atoms with Gasteiger partial charge in [-0.2, -0.15) is 13.2 Å². The average molecular weight is 393 g/mol. The summed E-state index contributed by atoms with van der Waals surface area (Å²) in [6, 6.07) is 7.60. The van der Waals surface area contributed by atoms with Crippen LogP contribution in [0.1, 0.15) is 35.5 Å². The Bertz CT molecular complexity index is 874. The van der Waals surface area contributed by atoms with Crippen molar-refractivity contribution in [3.05, 3.63) is 59.4 Å². The summed E-state index contributed by atoms with van der Waals surface area (Å²) >= 11 is 0. The van der Waals surface area contributed by atoms with Crippen LogP contribution in [-0.2, 0) is 24.1 Å². The third-order valence-electron chi connectivity index (χ3n) is 4.64. The first-order chi connectivity index (χ1) is 13.2. The van der Waals surface area contributed by atoms with Gasteiger partial charge in [0.1, 0.15) is 11.7 Å². The highest BCUT2D eigenvalue weighted by Gasteiger charge is 2.36. The van der Waals surface area contributed by atoms with Gasteiger partial charge in [0.2, 0.25) is 5.91 Å². The van der Waals surface area contributed by atoms with E-state index in [2.05, 4.69) is 5.32 Å². The predicted octanol–water partition coefficient (Wildman–Crippen LogP) is 3.30. The van der Waals surface area contributed by atoms with E-state index in [1.165, 1.54) is 12.1 Å². The number of nitrogens with one attached hydrogen (secondary N) is 1. The van der Waals surface area contributed by atoms with Gasteiger partial charge in [-0.15, -0.1) is 0 Å². The molecule has 0 spiro atoms. The molecule has 150 valence electrons. The lowest BCUT2D eigenvalue weighted by atomic mass is 10.1. The molecule has 5 nitrogen and oxygen atoms in total. The fraction of sp³-hybridized carbons (Fsp3) is 0.400. The van der Waals surface area contributed by atoms with E-state index in [-0.39, 0.29) is 24.3 Å². The molecule has 0 bridgehead atoms. The third kappa shape index (κ3) is 4.21. The standard InChI is InChI=1S/C20H22F3N3O2/c1-13(2)11-26-17(12-25-8-4-7-16(25)19(26)28)18(27)24-10-14-5-3-6-15(9-14)20(21,22)23/h3-9,13,17H,10-12H2,1-2H3,(H,24,27). The second kappa shape index (κ2) is 7.69. The van der Waals surface area contributed by atoms with Crippen molar-refractivity contribution in [2.24, 2.45) is 5.92 Å². The van der Waals surface area contributed by atoms with Crippen LogP contribution >= 0.6 is 0 Å².